The van der Waals surface area contributed by atoms with E-state index in [1.165, 1.54) is 0 Å². The molecule has 1 amide bonds. The van der Waals surface area contributed by atoms with Crippen molar-refractivity contribution in [1.82, 2.24) is 5.32 Å². The molecule has 1 rings (SSSR count). The number of rotatable bonds is 5. The highest BCUT2D eigenvalue weighted by Gasteiger charge is 2.24. The van der Waals surface area contributed by atoms with Gasteiger partial charge >= 0.3 is 0 Å². The Morgan fingerprint density at radius 3 is 2.45 bits per heavy atom. The van der Waals surface area contributed by atoms with Crippen molar-refractivity contribution in [3.8, 4) is 0 Å². The minimum atomic E-state index is -3.53. The average Bonchev–Trinajstić information content (AvgIpc) is 2.34. The van der Waals surface area contributed by atoms with Gasteiger partial charge in [-0.1, -0.05) is 42.8 Å². The average molecular weight is 392 g/mol. The summed E-state index contributed by atoms with van der Waals surface area (Å²) in [4.78, 5) is 12.1. The SMILES string of the molecule is CC(NC(=O)C(C)(C)C)c1ccc(Br)cc1COS(C)(=O)=O. The molecule has 0 aromatic heterocycles. The number of amides is 1. The number of benzene rings is 1. The Bertz CT molecular complexity index is 650. The van der Waals surface area contributed by atoms with Crippen molar-refractivity contribution in [3.05, 3.63) is 33.8 Å². The zero-order valence-electron chi connectivity index (χ0n) is 13.4. The van der Waals surface area contributed by atoms with Gasteiger partial charge in [0.25, 0.3) is 10.1 Å². The van der Waals surface area contributed by atoms with Crippen molar-refractivity contribution in [3.63, 3.8) is 0 Å². The molecule has 0 radical (unpaired) electrons. The molecule has 1 N–H and O–H groups in total. The van der Waals surface area contributed by atoms with Gasteiger partial charge in [0.2, 0.25) is 5.91 Å². The number of hydrogen-bond acceptors (Lipinski definition) is 4. The maximum absolute atomic E-state index is 12.1. The number of nitrogens with one attached hydrogen (secondary N) is 1. The molecule has 5 nitrogen and oxygen atoms in total. The van der Waals surface area contributed by atoms with Gasteiger partial charge in [-0.25, -0.2) is 0 Å². The van der Waals surface area contributed by atoms with Gasteiger partial charge in [-0.3, -0.25) is 8.98 Å². The standard InChI is InChI=1S/C15H22BrNO4S/c1-10(17-14(18)15(2,3)4)13-7-6-12(16)8-11(13)9-21-22(5,19)20/h6-8,10H,9H2,1-5H3,(H,17,18). The Labute approximate surface area is 140 Å². The molecule has 1 aromatic carbocycles. The lowest BCUT2D eigenvalue weighted by Gasteiger charge is -2.23. The lowest BCUT2D eigenvalue weighted by atomic mass is 9.94. The maximum atomic E-state index is 12.1. The molecule has 7 heteroatoms. The maximum Gasteiger partial charge on any atom is 0.264 e. The van der Waals surface area contributed by atoms with Crippen LogP contribution in [-0.4, -0.2) is 20.6 Å². The highest BCUT2D eigenvalue weighted by Crippen LogP contribution is 2.25. The van der Waals surface area contributed by atoms with Crippen LogP contribution in [0.2, 0.25) is 0 Å². The Balaban J connectivity index is 3.00. The predicted molar refractivity (Wildman–Crippen MR) is 89.8 cm³/mol. The van der Waals surface area contributed by atoms with Crippen LogP contribution in [0.4, 0.5) is 0 Å². The van der Waals surface area contributed by atoms with Crippen LogP contribution in [0.5, 0.6) is 0 Å². The molecule has 0 heterocycles. The van der Waals surface area contributed by atoms with Gasteiger partial charge in [0, 0.05) is 9.89 Å². The van der Waals surface area contributed by atoms with E-state index in [9.17, 15) is 13.2 Å². The van der Waals surface area contributed by atoms with E-state index in [0.717, 1.165) is 16.3 Å². The summed E-state index contributed by atoms with van der Waals surface area (Å²) in [5, 5.41) is 2.93. The van der Waals surface area contributed by atoms with Crippen LogP contribution in [0.15, 0.2) is 22.7 Å². The molecule has 0 aliphatic heterocycles. The van der Waals surface area contributed by atoms with Gasteiger partial charge in [0.1, 0.15) is 0 Å². The lowest BCUT2D eigenvalue weighted by molar-refractivity contribution is -0.129. The molecule has 1 aromatic rings. The van der Waals surface area contributed by atoms with Crippen LogP contribution in [-0.2, 0) is 25.7 Å². The van der Waals surface area contributed by atoms with Crippen LogP contribution in [0.1, 0.15) is 44.9 Å². The Morgan fingerprint density at radius 1 is 1.36 bits per heavy atom. The molecule has 22 heavy (non-hydrogen) atoms. The smallest absolute Gasteiger partial charge is 0.264 e. The second kappa shape index (κ2) is 7.10. The van der Waals surface area contributed by atoms with E-state index in [-0.39, 0.29) is 18.6 Å². The van der Waals surface area contributed by atoms with Crippen molar-refractivity contribution < 1.29 is 17.4 Å². The molecule has 0 saturated heterocycles. The molecule has 1 unspecified atom stereocenters. The van der Waals surface area contributed by atoms with E-state index in [0.29, 0.717) is 5.56 Å². The summed E-state index contributed by atoms with van der Waals surface area (Å²) in [5.74, 6) is -0.0714. The Morgan fingerprint density at radius 2 is 1.95 bits per heavy atom. The summed E-state index contributed by atoms with van der Waals surface area (Å²) >= 11 is 3.36. The van der Waals surface area contributed by atoms with Gasteiger partial charge in [-0.2, -0.15) is 8.42 Å². The van der Waals surface area contributed by atoms with E-state index < -0.39 is 15.5 Å². The highest BCUT2D eigenvalue weighted by atomic mass is 79.9. The Hall–Kier alpha value is -0.920. The van der Waals surface area contributed by atoms with Crippen molar-refractivity contribution in [2.75, 3.05) is 6.26 Å². The summed E-state index contributed by atoms with van der Waals surface area (Å²) < 4.78 is 28.0. The van der Waals surface area contributed by atoms with Gasteiger partial charge < -0.3 is 5.32 Å². The normalized spacial score (nSPS) is 13.7. The molecule has 0 spiro atoms. The van der Waals surface area contributed by atoms with Crippen LogP contribution in [0.3, 0.4) is 0 Å². The first-order valence-electron chi connectivity index (χ1n) is 6.84. The fourth-order valence-electron chi connectivity index (χ4n) is 1.78. The van der Waals surface area contributed by atoms with E-state index in [1.807, 2.05) is 39.8 Å². The minimum Gasteiger partial charge on any atom is -0.349 e. The van der Waals surface area contributed by atoms with Crippen molar-refractivity contribution in [2.24, 2.45) is 5.41 Å². The van der Waals surface area contributed by atoms with E-state index in [2.05, 4.69) is 21.2 Å². The third kappa shape index (κ3) is 6.06. The van der Waals surface area contributed by atoms with E-state index in [4.69, 9.17) is 4.18 Å². The zero-order chi connectivity index (χ0) is 17.1. The Kier molecular flexibility index (Phi) is 6.18. The van der Waals surface area contributed by atoms with Gasteiger partial charge in [-0.05, 0) is 30.2 Å². The van der Waals surface area contributed by atoms with Crippen LogP contribution in [0, 0.1) is 5.41 Å². The molecular weight excluding hydrogens is 370 g/mol. The van der Waals surface area contributed by atoms with Crippen molar-refractivity contribution in [1.29, 1.82) is 0 Å². The lowest BCUT2D eigenvalue weighted by Crippen LogP contribution is -2.36. The van der Waals surface area contributed by atoms with Crippen molar-refractivity contribution >= 4 is 32.0 Å². The predicted octanol–water partition coefficient (Wildman–Crippen LogP) is 3.15. The third-order valence-electron chi connectivity index (χ3n) is 3.03. The fourth-order valence-corrected chi connectivity index (χ4v) is 2.53. The monoisotopic (exact) mass is 391 g/mol. The summed E-state index contributed by atoms with van der Waals surface area (Å²) in [6.45, 7) is 7.30. The largest absolute Gasteiger partial charge is 0.349 e. The quantitative estimate of drug-likeness (QED) is 0.782. The molecule has 0 aliphatic rings. The van der Waals surface area contributed by atoms with Gasteiger partial charge in [-0.15, -0.1) is 0 Å². The minimum absolute atomic E-state index is 0.0661. The molecular formula is C15H22BrNO4S. The van der Waals surface area contributed by atoms with Crippen LogP contribution >= 0.6 is 15.9 Å². The van der Waals surface area contributed by atoms with E-state index in [1.54, 1.807) is 6.07 Å². The first-order valence-corrected chi connectivity index (χ1v) is 9.45. The molecule has 124 valence electrons. The first-order chi connectivity index (χ1) is 9.90. The fraction of sp³-hybridized carbons (Fsp3) is 0.533. The molecule has 0 fully saturated rings. The third-order valence-corrected chi connectivity index (χ3v) is 4.07. The van der Waals surface area contributed by atoms with Crippen LogP contribution in [0.25, 0.3) is 0 Å². The molecule has 0 bridgehead atoms. The van der Waals surface area contributed by atoms with E-state index >= 15 is 0 Å². The summed E-state index contributed by atoms with van der Waals surface area (Å²) in [6.07, 6.45) is 1.01. The molecule has 1 atom stereocenters. The number of hydrogen-bond donors (Lipinski definition) is 1. The topological polar surface area (TPSA) is 72.5 Å². The number of carbonyl (C=O) groups is 1. The van der Waals surface area contributed by atoms with Crippen LogP contribution < -0.4 is 5.32 Å². The second-order valence-corrected chi connectivity index (χ2v) is 8.81. The highest BCUT2D eigenvalue weighted by molar-refractivity contribution is 9.10. The first kappa shape index (κ1) is 19.1. The second-order valence-electron chi connectivity index (χ2n) is 6.25. The number of carbonyl (C=O) groups excluding carboxylic acids is 1. The molecule has 0 saturated carbocycles. The van der Waals surface area contributed by atoms with Gasteiger partial charge in [0.15, 0.2) is 0 Å². The zero-order valence-corrected chi connectivity index (χ0v) is 15.8. The summed E-state index contributed by atoms with van der Waals surface area (Å²) in [7, 11) is -3.53. The summed E-state index contributed by atoms with van der Waals surface area (Å²) in [5.41, 5.74) is 1.04. The summed E-state index contributed by atoms with van der Waals surface area (Å²) in [6, 6.07) is 5.23. The van der Waals surface area contributed by atoms with Crippen molar-refractivity contribution in [2.45, 2.75) is 40.3 Å². The molecule has 0 aliphatic carbocycles. The number of halogens is 1. The van der Waals surface area contributed by atoms with Gasteiger partial charge in [0.05, 0.1) is 18.9 Å².